The molecule has 0 bridgehead atoms. The standard InChI is InChI=1S/C26H51NO4/c1-6-7-8-9-10-11-12-13-14-15-16-17-18-19-20-21-22-30-24(28)23(2)27-25(29)31-26(3,4)5/h23H,6-22H2,1-5H3,(H,27,29)/t23-/m0/s1. The third kappa shape index (κ3) is 21.7. The van der Waals surface area contributed by atoms with Crippen molar-refractivity contribution < 1.29 is 19.1 Å². The van der Waals surface area contributed by atoms with Crippen LogP contribution in [0.25, 0.3) is 0 Å². The second-order valence-electron chi connectivity index (χ2n) is 9.84. The predicted molar refractivity (Wildman–Crippen MR) is 129 cm³/mol. The molecule has 184 valence electrons. The van der Waals surface area contributed by atoms with E-state index < -0.39 is 23.7 Å². The highest BCUT2D eigenvalue weighted by molar-refractivity contribution is 5.80. The first-order valence-electron chi connectivity index (χ1n) is 12.9. The minimum absolute atomic E-state index is 0.410. The molecule has 5 heteroatoms. The van der Waals surface area contributed by atoms with Gasteiger partial charge in [0.15, 0.2) is 0 Å². The lowest BCUT2D eigenvalue weighted by atomic mass is 10.0. The molecule has 0 saturated carbocycles. The molecule has 0 aliphatic heterocycles. The van der Waals surface area contributed by atoms with Gasteiger partial charge in [-0.3, -0.25) is 0 Å². The van der Waals surface area contributed by atoms with Crippen LogP contribution in [0.4, 0.5) is 4.79 Å². The Bertz CT molecular complexity index is 445. The molecule has 0 radical (unpaired) electrons. The van der Waals surface area contributed by atoms with Crippen molar-refractivity contribution in [3.8, 4) is 0 Å². The van der Waals surface area contributed by atoms with E-state index in [1.807, 2.05) is 0 Å². The lowest BCUT2D eigenvalue weighted by molar-refractivity contribution is -0.145. The summed E-state index contributed by atoms with van der Waals surface area (Å²) < 4.78 is 10.4. The molecular formula is C26H51NO4. The SMILES string of the molecule is CCCCCCCCCCCCCCCCCCOC(=O)[C@H](C)NC(=O)OC(C)(C)C. The van der Waals surface area contributed by atoms with Gasteiger partial charge < -0.3 is 14.8 Å². The number of alkyl carbamates (subject to hydrolysis) is 1. The summed E-state index contributed by atoms with van der Waals surface area (Å²) in [5.41, 5.74) is -0.582. The number of carbonyl (C=O) groups is 2. The Hall–Kier alpha value is -1.26. The van der Waals surface area contributed by atoms with Crippen LogP contribution in [-0.4, -0.2) is 30.3 Å². The van der Waals surface area contributed by atoms with E-state index in [0.717, 1.165) is 12.8 Å². The Labute approximate surface area is 192 Å². The summed E-state index contributed by atoms with van der Waals surface area (Å²) in [7, 11) is 0. The normalized spacial score (nSPS) is 12.4. The Kier molecular flexibility index (Phi) is 18.6. The largest absolute Gasteiger partial charge is 0.464 e. The molecule has 1 atom stereocenters. The minimum Gasteiger partial charge on any atom is -0.464 e. The Morgan fingerprint density at radius 1 is 0.710 bits per heavy atom. The quantitative estimate of drug-likeness (QED) is 0.165. The molecule has 0 heterocycles. The topological polar surface area (TPSA) is 64.6 Å². The zero-order valence-corrected chi connectivity index (χ0v) is 21.2. The number of hydrogen-bond donors (Lipinski definition) is 1. The molecule has 0 aliphatic carbocycles. The fourth-order valence-electron chi connectivity index (χ4n) is 3.49. The van der Waals surface area contributed by atoms with E-state index in [2.05, 4.69) is 12.2 Å². The summed E-state index contributed by atoms with van der Waals surface area (Å²) in [6.07, 6.45) is 20.5. The van der Waals surface area contributed by atoms with Crippen LogP contribution < -0.4 is 5.32 Å². The van der Waals surface area contributed by atoms with E-state index in [-0.39, 0.29) is 0 Å². The van der Waals surface area contributed by atoms with Crippen LogP contribution in [0.2, 0.25) is 0 Å². The van der Waals surface area contributed by atoms with Crippen molar-refractivity contribution in [1.82, 2.24) is 5.32 Å². The maximum atomic E-state index is 11.9. The Balaban J connectivity index is 3.38. The van der Waals surface area contributed by atoms with Gasteiger partial charge in [-0.15, -0.1) is 0 Å². The molecule has 0 unspecified atom stereocenters. The van der Waals surface area contributed by atoms with Gasteiger partial charge in [0.2, 0.25) is 0 Å². The van der Waals surface area contributed by atoms with Gasteiger partial charge in [-0.05, 0) is 34.1 Å². The number of ether oxygens (including phenoxy) is 2. The highest BCUT2D eigenvalue weighted by atomic mass is 16.6. The van der Waals surface area contributed by atoms with Gasteiger partial charge in [-0.1, -0.05) is 103 Å². The van der Waals surface area contributed by atoms with E-state index in [4.69, 9.17) is 9.47 Å². The van der Waals surface area contributed by atoms with Crippen LogP contribution in [0.5, 0.6) is 0 Å². The summed E-state index contributed by atoms with van der Waals surface area (Å²) in [5, 5.41) is 2.51. The van der Waals surface area contributed by atoms with Crippen molar-refractivity contribution in [2.45, 2.75) is 149 Å². The van der Waals surface area contributed by atoms with Crippen LogP contribution >= 0.6 is 0 Å². The van der Waals surface area contributed by atoms with Crippen molar-refractivity contribution in [2.24, 2.45) is 0 Å². The first-order valence-corrected chi connectivity index (χ1v) is 12.9. The number of unbranched alkanes of at least 4 members (excludes halogenated alkanes) is 15. The number of hydrogen-bond acceptors (Lipinski definition) is 4. The molecule has 0 aromatic rings. The average molecular weight is 442 g/mol. The molecule has 0 fully saturated rings. The number of esters is 1. The highest BCUT2D eigenvalue weighted by Gasteiger charge is 2.21. The first-order chi connectivity index (χ1) is 14.8. The Morgan fingerprint density at radius 3 is 1.48 bits per heavy atom. The van der Waals surface area contributed by atoms with Gasteiger partial charge in [0.05, 0.1) is 6.61 Å². The fourth-order valence-corrected chi connectivity index (χ4v) is 3.49. The van der Waals surface area contributed by atoms with Gasteiger partial charge in [-0.25, -0.2) is 9.59 Å². The lowest BCUT2D eigenvalue weighted by Gasteiger charge is -2.21. The zero-order valence-electron chi connectivity index (χ0n) is 21.2. The second-order valence-corrected chi connectivity index (χ2v) is 9.84. The molecule has 31 heavy (non-hydrogen) atoms. The number of amides is 1. The smallest absolute Gasteiger partial charge is 0.408 e. The van der Waals surface area contributed by atoms with Gasteiger partial charge in [0, 0.05) is 0 Å². The van der Waals surface area contributed by atoms with Gasteiger partial charge in [0.25, 0.3) is 0 Å². The van der Waals surface area contributed by atoms with Crippen molar-refractivity contribution >= 4 is 12.1 Å². The Morgan fingerprint density at radius 2 is 1.10 bits per heavy atom. The van der Waals surface area contributed by atoms with Crippen LogP contribution in [-0.2, 0) is 14.3 Å². The third-order valence-electron chi connectivity index (χ3n) is 5.33. The lowest BCUT2D eigenvalue weighted by Crippen LogP contribution is -2.42. The summed E-state index contributed by atoms with van der Waals surface area (Å²) in [5.74, 6) is -0.410. The molecule has 0 saturated heterocycles. The molecule has 0 spiro atoms. The molecular weight excluding hydrogens is 390 g/mol. The van der Waals surface area contributed by atoms with Gasteiger partial charge in [-0.2, -0.15) is 0 Å². The van der Waals surface area contributed by atoms with E-state index in [1.165, 1.54) is 89.9 Å². The zero-order chi connectivity index (χ0) is 23.4. The van der Waals surface area contributed by atoms with Gasteiger partial charge in [0.1, 0.15) is 11.6 Å². The maximum absolute atomic E-state index is 11.9. The predicted octanol–water partition coefficient (Wildman–Crippen LogP) is 7.70. The van der Waals surface area contributed by atoms with Crippen molar-refractivity contribution in [3.05, 3.63) is 0 Å². The summed E-state index contributed by atoms with van der Waals surface area (Å²) in [6, 6.07) is -0.698. The fraction of sp³-hybridized carbons (Fsp3) is 0.923. The van der Waals surface area contributed by atoms with E-state index in [9.17, 15) is 9.59 Å². The third-order valence-corrected chi connectivity index (χ3v) is 5.33. The van der Waals surface area contributed by atoms with Crippen LogP contribution in [0.15, 0.2) is 0 Å². The molecule has 1 N–H and O–H groups in total. The van der Waals surface area contributed by atoms with E-state index >= 15 is 0 Å². The van der Waals surface area contributed by atoms with Crippen molar-refractivity contribution in [1.29, 1.82) is 0 Å². The summed E-state index contributed by atoms with van der Waals surface area (Å²) in [6.45, 7) is 9.65. The van der Waals surface area contributed by atoms with Gasteiger partial charge >= 0.3 is 12.1 Å². The van der Waals surface area contributed by atoms with Crippen molar-refractivity contribution in [2.75, 3.05) is 6.61 Å². The summed E-state index contributed by atoms with van der Waals surface area (Å²) >= 11 is 0. The average Bonchev–Trinajstić information content (AvgIpc) is 2.68. The van der Waals surface area contributed by atoms with E-state index in [0.29, 0.717) is 6.61 Å². The minimum atomic E-state index is -0.698. The van der Waals surface area contributed by atoms with E-state index in [1.54, 1.807) is 27.7 Å². The van der Waals surface area contributed by atoms with Crippen LogP contribution in [0, 0.1) is 0 Å². The molecule has 0 rings (SSSR count). The highest BCUT2D eigenvalue weighted by Crippen LogP contribution is 2.14. The second kappa shape index (κ2) is 19.4. The first kappa shape index (κ1) is 29.7. The number of carbonyl (C=O) groups excluding carboxylic acids is 2. The molecule has 0 aliphatic rings. The van der Waals surface area contributed by atoms with Crippen LogP contribution in [0.1, 0.15) is 137 Å². The molecule has 0 aromatic carbocycles. The molecule has 5 nitrogen and oxygen atoms in total. The monoisotopic (exact) mass is 441 g/mol. The number of rotatable bonds is 19. The number of nitrogens with one attached hydrogen (secondary N) is 1. The molecule has 1 amide bonds. The summed E-state index contributed by atoms with van der Waals surface area (Å²) in [4.78, 5) is 23.6. The van der Waals surface area contributed by atoms with Crippen molar-refractivity contribution in [3.63, 3.8) is 0 Å². The maximum Gasteiger partial charge on any atom is 0.408 e. The van der Waals surface area contributed by atoms with Crippen LogP contribution in [0.3, 0.4) is 0 Å². The molecule has 0 aromatic heterocycles.